The van der Waals surface area contributed by atoms with Crippen molar-refractivity contribution < 1.29 is 0 Å². The van der Waals surface area contributed by atoms with E-state index in [1.807, 2.05) is 24.4 Å². The molecule has 0 bridgehead atoms. The van der Waals surface area contributed by atoms with Crippen LogP contribution in [-0.4, -0.2) is 9.97 Å². The quantitative estimate of drug-likeness (QED) is 0.230. The molecule has 0 aliphatic carbocycles. The molecule has 188 valence electrons. The van der Waals surface area contributed by atoms with Crippen LogP contribution in [0.25, 0.3) is 66.8 Å². The van der Waals surface area contributed by atoms with Crippen molar-refractivity contribution in [1.82, 2.24) is 9.97 Å². The van der Waals surface area contributed by atoms with E-state index in [-0.39, 0.29) is 0 Å². The van der Waals surface area contributed by atoms with Gasteiger partial charge in [0.25, 0.3) is 0 Å². The molecule has 2 nitrogen and oxygen atoms in total. The fourth-order valence-corrected chi connectivity index (χ4v) is 5.31. The van der Waals surface area contributed by atoms with Gasteiger partial charge in [0.1, 0.15) is 0 Å². The van der Waals surface area contributed by atoms with Gasteiger partial charge in [-0.3, -0.25) is 0 Å². The van der Waals surface area contributed by atoms with Crippen LogP contribution >= 0.6 is 0 Å². The molecule has 0 radical (unpaired) electrons. The molecular weight excluding hydrogens is 484 g/mol. The van der Waals surface area contributed by atoms with Gasteiger partial charge < -0.3 is 0 Å². The maximum Gasteiger partial charge on any atom is 0.159 e. The molecule has 40 heavy (non-hydrogen) atoms. The number of aromatic nitrogens is 2. The number of benzene rings is 6. The first-order valence-electron chi connectivity index (χ1n) is 13.5. The lowest BCUT2D eigenvalue weighted by atomic mass is 9.95. The summed E-state index contributed by atoms with van der Waals surface area (Å²) in [5.74, 6) is 0.714. The lowest BCUT2D eigenvalue weighted by Gasteiger charge is -2.11. The molecule has 0 aliphatic heterocycles. The van der Waals surface area contributed by atoms with Crippen molar-refractivity contribution in [2.24, 2.45) is 0 Å². The summed E-state index contributed by atoms with van der Waals surface area (Å²) < 4.78 is 0. The molecule has 0 atom stereocenters. The minimum atomic E-state index is 0.714. The molecule has 1 aromatic heterocycles. The normalized spacial score (nSPS) is 11.0. The van der Waals surface area contributed by atoms with Crippen LogP contribution in [0.15, 0.2) is 158 Å². The van der Waals surface area contributed by atoms with Crippen LogP contribution in [0.1, 0.15) is 0 Å². The predicted octanol–water partition coefficient (Wildman–Crippen LogP) is 9.96. The van der Waals surface area contributed by atoms with Gasteiger partial charge in [-0.25, -0.2) is 9.97 Å². The van der Waals surface area contributed by atoms with Crippen LogP contribution < -0.4 is 0 Å². The number of fused-ring (bicyclic) bond motifs is 1. The first kappa shape index (κ1) is 23.8. The molecule has 7 aromatic rings. The zero-order valence-electron chi connectivity index (χ0n) is 21.9. The van der Waals surface area contributed by atoms with Crippen molar-refractivity contribution in [3.8, 4) is 56.0 Å². The Bertz CT molecular complexity index is 1860. The Morgan fingerprint density at radius 3 is 1.65 bits per heavy atom. The standard InChI is InChI=1S/C38H26N2/c1-3-10-27(11-4-1)32-24-33(28-12-5-2-6-13-28)26-34(25-32)38-39-23-22-37(40-38)31-20-18-30(19-21-31)36-17-9-15-29-14-7-8-16-35(29)36/h1-26H. The summed E-state index contributed by atoms with van der Waals surface area (Å²) in [5, 5.41) is 2.51. The third kappa shape index (κ3) is 4.68. The van der Waals surface area contributed by atoms with Crippen molar-refractivity contribution in [2.45, 2.75) is 0 Å². The summed E-state index contributed by atoms with van der Waals surface area (Å²) in [7, 11) is 0. The molecular formula is C38H26N2. The molecule has 0 spiro atoms. The Morgan fingerprint density at radius 2 is 0.950 bits per heavy atom. The van der Waals surface area contributed by atoms with E-state index in [9.17, 15) is 0 Å². The summed E-state index contributed by atoms with van der Waals surface area (Å²) >= 11 is 0. The van der Waals surface area contributed by atoms with Gasteiger partial charge in [-0.1, -0.05) is 127 Å². The summed E-state index contributed by atoms with van der Waals surface area (Å²) in [6.07, 6.45) is 1.85. The highest BCUT2D eigenvalue weighted by molar-refractivity contribution is 5.96. The monoisotopic (exact) mass is 510 g/mol. The average molecular weight is 511 g/mol. The molecule has 0 amide bonds. The van der Waals surface area contributed by atoms with E-state index in [1.54, 1.807) is 0 Å². The van der Waals surface area contributed by atoms with Gasteiger partial charge in [-0.15, -0.1) is 0 Å². The van der Waals surface area contributed by atoms with Gasteiger partial charge in [-0.05, 0) is 68.4 Å². The topological polar surface area (TPSA) is 25.8 Å². The molecule has 0 saturated carbocycles. The zero-order valence-corrected chi connectivity index (χ0v) is 21.9. The van der Waals surface area contributed by atoms with Crippen LogP contribution in [0.4, 0.5) is 0 Å². The van der Waals surface area contributed by atoms with Gasteiger partial charge in [0.05, 0.1) is 5.69 Å². The Balaban J connectivity index is 1.28. The molecule has 2 heteroatoms. The smallest absolute Gasteiger partial charge is 0.159 e. The zero-order chi connectivity index (χ0) is 26.7. The van der Waals surface area contributed by atoms with Gasteiger partial charge >= 0.3 is 0 Å². The number of hydrogen-bond acceptors (Lipinski definition) is 2. The summed E-state index contributed by atoms with van der Waals surface area (Å²) in [4.78, 5) is 9.72. The number of hydrogen-bond donors (Lipinski definition) is 0. The van der Waals surface area contributed by atoms with Crippen LogP contribution in [0.5, 0.6) is 0 Å². The van der Waals surface area contributed by atoms with Crippen molar-refractivity contribution in [2.75, 3.05) is 0 Å². The van der Waals surface area contributed by atoms with E-state index in [2.05, 4.69) is 133 Å². The molecule has 0 fully saturated rings. The van der Waals surface area contributed by atoms with E-state index < -0.39 is 0 Å². The van der Waals surface area contributed by atoms with Crippen LogP contribution in [0, 0.1) is 0 Å². The lowest BCUT2D eigenvalue weighted by Crippen LogP contribution is -1.93. The average Bonchev–Trinajstić information content (AvgIpc) is 3.05. The first-order valence-corrected chi connectivity index (χ1v) is 13.5. The Labute approximate surface area is 234 Å². The fraction of sp³-hybridized carbons (Fsp3) is 0. The van der Waals surface area contributed by atoms with Crippen molar-refractivity contribution in [3.05, 3.63) is 158 Å². The van der Waals surface area contributed by atoms with Crippen LogP contribution in [0.3, 0.4) is 0 Å². The maximum atomic E-state index is 5.02. The van der Waals surface area contributed by atoms with Gasteiger partial charge in [0.15, 0.2) is 5.82 Å². The molecule has 7 rings (SSSR count). The third-order valence-electron chi connectivity index (χ3n) is 7.34. The highest BCUT2D eigenvalue weighted by atomic mass is 14.9. The second kappa shape index (κ2) is 10.4. The third-order valence-corrected chi connectivity index (χ3v) is 7.34. The molecule has 0 unspecified atom stereocenters. The van der Waals surface area contributed by atoms with E-state index in [0.29, 0.717) is 5.82 Å². The second-order valence-electron chi connectivity index (χ2n) is 9.90. The van der Waals surface area contributed by atoms with E-state index in [0.717, 1.165) is 27.9 Å². The van der Waals surface area contributed by atoms with Crippen LogP contribution in [0.2, 0.25) is 0 Å². The molecule has 0 aliphatic rings. The fourth-order valence-electron chi connectivity index (χ4n) is 5.31. The van der Waals surface area contributed by atoms with Crippen molar-refractivity contribution in [3.63, 3.8) is 0 Å². The largest absolute Gasteiger partial charge is 0.237 e. The maximum absolute atomic E-state index is 5.02. The summed E-state index contributed by atoms with van der Waals surface area (Å²) in [5.41, 5.74) is 10.0. The van der Waals surface area contributed by atoms with E-state index in [4.69, 9.17) is 9.97 Å². The molecule has 6 aromatic carbocycles. The van der Waals surface area contributed by atoms with Gasteiger partial charge in [-0.2, -0.15) is 0 Å². The Hall–Kier alpha value is -5.34. The lowest BCUT2D eigenvalue weighted by molar-refractivity contribution is 1.18. The first-order chi connectivity index (χ1) is 19.8. The van der Waals surface area contributed by atoms with E-state index in [1.165, 1.54) is 33.0 Å². The number of rotatable bonds is 5. The summed E-state index contributed by atoms with van der Waals surface area (Å²) in [6, 6.07) is 53.2. The van der Waals surface area contributed by atoms with Gasteiger partial charge in [0.2, 0.25) is 0 Å². The Kier molecular flexibility index (Phi) is 6.20. The highest BCUT2D eigenvalue weighted by Gasteiger charge is 2.11. The SMILES string of the molecule is c1ccc(-c2cc(-c3ccccc3)cc(-c3nccc(-c4ccc(-c5cccc6ccccc56)cc4)n3)c2)cc1. The molecule has 0 N–H and O–H groups in total. The predicted molar refractivity (Wildman–Crippen MR) is 167 cm³/mol. The van der Waals surface area contributed by atoms with Crippen molar-refractivity contribution >= 4 is 10.8 Å². The number of nitrogens with zero attached hydrogens (tertiary/aromatic N) is 2. The minimum absolute atomic E-state index is 0.714. The van der Waals surface area contributed by atoms with Crippen LogP contribution in [-0.2, 0) is 0 Å². The Morgan fingerprint density at radius 1 is 0.375 bits per heavy atom. The second-order valence-corrected chi connectivity index (χ2v) is 9.90. The van der Waals surface area contributed by atoms with E-state index >= 15 is 0 Å². The minimum Gasteiger partial charge on any atom is -0.237 e. The highest BCUT2D eigenvalue weighted by Crippen LogP contribution is 2.33. The van der Waals surface area contributed by atoms with Gasteiger partial charge in [0, 0.05) is 17.3 Å². The molecule has 1 heterocycles. The summed E-state index contributed by atoms with van der Waals surface area (Å²) in [6.45, 7) is 0. The van der Waals surface area contributed by atoms with Crippen molar-refractivity contribution in [1.29, 1.82) is 0 Å². The molecule has 0 saturated heterocycles.